The van der Waals surface area contributed by atoms with E-state index in [1.807, 2.05) is 0 Å². The SMILES string of the molecule is O=C(Nc1cc(C2CCCCN2C(=O)Cc2cc(F)ccc2Cl)[nH]n1)c1c[nH]c2cnccc12. The first-order valence-electron chi connectivity index (χ1n) is 11.0. The Hall–Kier alpha value is -3.72. The molecular weight excluding hydrogens is 459 g/mol. The number of hydrogen-bond acceptors (Lipinski definition) is 4. The van der Waals surface area contributed by atoms with E-state index in [2.05, 4.69) is 25.5 Å². The minimum Gasteiger partial charge on any atom is -0.359 e. The average molecular weight is 481 g/mol. The minimum absolute atomic E-state index is 0.0141. The number of amides is 2. The molecule has 3 N–H and O–H groups in total. The number of likely N-dealkylation sites (tertiary alicyclic amines) is 1. The summed E-state index contributed by atoms with van der Waals surface area (Å²) in [5, 5.41) is 11.1. The van der Waals surface area contributed by atoms with Crippen LogP contribution in [-0.2, 0) is 11.2 Å². The molecule has 5 rings (SSSR count). The third kappa shape index (κ3) is 4.38. The highest BCUT2D eigenvalue weighted by Gasteiger charge is 2.30. The number of aromatic amines is 2. The zero-order valence-corrected chi connectivity index (χ0v) is 18.9. The largest absolute Gasteiger partial charge is 0.359 e. The summed E-state index contributed by atoms with van der Waals surface area (Å²) in [5.41, 5.74) is 2.45. The average Bonchev–Trinajstić information content (AvgIpc) is 3.48. The second kappa shape index (κ2) is 9.26. The van der Waals surface area contributed by atoms with Gasteiger partial charge in [0.05, 0.1) is 35.4 Å². The van der Waals surface area contributed by atoms with Gasteiger partial charge < -0.3 is 15.2 Å². The van der Waals surface area contributed by atoms with Gasteiger partial charge >= 0.3 is 0 Å². The smallest absolute Gasteiger partial charge is 0.259 e. The molecule has 4 aromatic rings. The molecule has 1 atom stereocenters. The van der Waals surface area contributed by atoms with Crippen LogP contribution in [-0.4, -0.2) is 43.4 Å². The van der Waals surface area contributed by atoms with Crippen LogP contribution in [0.3, 0.4) is 0 Å². The summed E-state index contributed by atoms with van der Waals surface area (Å²) in [7, 11) is 0. The molecule has 3 aromatic heterocycles. The first-order chi connectivity index (χ1) is 16.5. The van der Waals surface area contributed by atoms with Crippen LogP contribution in [0.2, 0.25) is 5.02 Å². The van der Waals surface area contributed by atoms with Gasteiger partial charge in [-0.2, -0.15) is 5.10 Å². The Bertz CT molecular complexity index is 1370. The number of aromatic nitrogens is 4. The first-order valence-corrected chi connectivity index (χ1v) is 11.4. The topological polar surface area (TPSA) is 107 Å². The van der Waals surface area contributed by atoms with Gasteiger partial charge in [-0.05, 0) is 49.1 Å². The second-order valence-electron chi connectivity index (χ2n) is 8.30. The van der Waals surface area contributed by atoms with Crippen LogP contribution in [0.5, 0.6) is 0 Å². The van der Waals surface area contributed by atoms with Gasteiger partial charge in [-0.3, -0.25) is 19.7 Å². The number of fused-ring (bicyclic) bond motifs is 1. The van der Waals surface area contributed by atoms with Crippen LogP contribution in [0, 0.1) is 5.82 Å². The molecule has 0 spiro atoms. The van der Waals surface area contributed by atoms with Crippen molar-refractivity contribution in [2.24, 2.45) is 0 Å². The summed E-state index contributed by atoms with van der Waals surface area (Å²) in [6.45, 7) is 0.584. The van der Waals surface area contributed by atoms with Crippen molar-refractivity contribution < 1.29 is 14.0 Å². The molecular formula is C24H22ClFN6O2. The molecule has 1 aromatic carbocycles. The van der Waals surface area contributed by atoms with Crippen LogP contribution in [0.25, 0.3) is 10.9 Å². The highest BCUT2D eigenvalue weighted by Crippen LogP contribution is 2.32. The lowest BCUT2D eigenvalue weighted by Gasteiger charge is -2.35. The number of halogens is 2. The van der Waals surface area contributed by atoms with Crippen LogP contribution in [0.4, 0.5) is 10.2 Å². The third-order valence-electron chi connectivity index (χ3n) is 6.10. The molecule has 10 heteroatoms. The van der Waals surface area contributed by atoms with Gasteiger partial charge in [0.2, 0.25) is 5.91 Å². The Kier molecular flexibility index (Phi) is 6.02. The Morgan fingerprint density at radius 2 is 2.12 bits per heavy atom. The fourth-order valence-corrected chi connectivity index (χ4v) is 4.60. The quantitative estimate of drug-likeness (QED) is 0.387. The highest BCUT2D eigenvalue weighted by atomic mass is 35.5. The summed E-state index contributed by atoms with van der Waals surface area (Å²) >= 11 is 6.16. The van der Waals surface area contributed by atoms with Gasteiger partial charge in [-0.25, -0.2) is 4.39 Å². The maximum absolute atomic E-state index is 13.6. The van der Waals surface area contributed by atoms with Gasteiger partial charge in [0.25, 0.3) is 5.91 Å². The molecule has 1 unspecified atom stereocenters. The molecule has 0 bridgehead atoms. The molecule has 1 aliphatic heterocycles. The van der Waals surface area contributed by atoms with E-state index in [0.717, 1.165) is 35.9 Å². The minimum atomic E-state index is -0.428. The Balaban J connectivity index is 1.32. The number of nitrogens with zero attached hydrogens (tertiary/aromatic N) is 3. The number of anilines is 1. The number of benzene rings is 1. The molecule has 0 aliphatic carbocycles. The number of nitrogens with one attached hydrogen (secondary N) is 3. The van der Waals surface area contributed by atoms with Crippen LogP contribution in [0.15, 0.2) is 48.9 Å². The van der Waals surface area contributed by atoms with Crippen molar-refractivity contribution in [3.05, 3.63) is 76.6 Å². The van der Waals surface area contributed by atoms with E-state index in [1.54, 1.807) is 35.6 Å². The van der Waals surface area contributed by atoms with Crippen molar-refractivity contribution in [1.29, 1.82) is 0 Å². The Labute approximate surface area is 199 Å². The molecule has 174 valence electrons. The van der Waals surface area contributed by atoms with Gasteiger partial charge in [0.15, 0.2) is 5.82 Å². The molecule has 1 fully saturated rings. The van der Waals surface area contributed by atoms with Gasteiger partial charge in [0, 0.05) is 35.4 Å². The molecule has 8 nitrogen and oxygen atoms in total. The summed E-state index contributed by atoms with van der Waals surface area (Å²) in [6.07, 6.45) is 7.53. The maximum Gasteiger partial charge on any atom is 0.259 e. The zero-order chi connectivity index (χ0) is 23.7. The monoisotopic (exact) mass is 480 g/mol. The van der Waals surface area contributed by atoms with Crippen molar-refractivity contribution in [2.75, 3.05) is 11.9 Å². The van der Waals surface area contributed by atoms with E-state index < -0.39 is 5.82 Å². The number of hydrogen-bond donors (Lipinski definition) is 3. The Morgan fingerprint density at radius 3 is 3.00 bits per heavy atom. The summed E-state index contributed by atoms with van der Waals surface area (Å²) in [4.78, 5) is 34.8. The number of carbonyl (C=O) groups excluding carboxylic acids is 2. The van der Waals surface area contributed by atoms with Gasteiger partial charge in [0.1, 0.15) is 5.82 Å². The van der Waals surface area contributed by atoms with E-state index >= 15 is 0 Å². The normalized spacial score (nSPS) is 16.1. The van der Waals surface area contributed by atoms with Crippen LogP contribution < -0.4 is 5.32 Å². The zero-order valence-electron chi connectivity index (χ0n) is 18.1. The third-order valence-corrected chi connectivity index (χ3v) is 6.47. The van der Waals surface area contributed by atoms with Gasteiger partial charge in [-0.1, -0.05) is 11.6 Å². The summed E-state index contributed by atoms with van der Waals surface area (Å²) in [6, 6.07) is 7.33. The lowest BCUT2D eigenvalue weighted by Crippen LogP contribution is -2.39. The second-order valence-corrected chi connectivity index (χ2v) is 8.70. The van der Waals surface area contributed by atoms with E-state index in [1.165, 1.54) is 18.2 Å². The molecule has 34 heavy (non-hydrogen) atoms. The molecule has 1 aliphatic rings. The predicted octanol–water partition coefficient (Wildman–Crippen LogP) is 4.63. The molecule has 2 amide bonds. The highest BCUT2D eigenvalue weighted by molar-refractivity contribution is 6.31. The van der Waals surface area contributed by atoms with E-state index in [0.29, 0.717) is 28.5 Å². The number of rotatable bonds is 5. The van der Waals surface area contributed by atoms with Gasteiger partial charge in [-0.15, -0.1) is 0 Å². The maximum atomic E-state index is 13.6. The summed E-state index contributed by atoms with van der Waals surface area (Å²) in [5.74, 6) is -0.491. The fourth-order valence-electron chi connectivity index (χ4n) is 4.41. The van der Waals surface area contributed by atoms with E-state index in [-0.39, 0.29) is 24.3 Å². The lowest BCUT2D eigenvalue weighted by atomic mass is 9.98. The molecule has 1 saturated heterocycles. The van der Waals surface area contributed by atoms with Crippen molar-refractivity contribution in [3.63, 3.8) is 0 Å². The lowest BCUT2D eigenvalue weighted by molar-refractivity contribution is -0.134. The van der Waals surface area contributed by atoms with Crippen molar-refractivity contribution in [2.45, 2.75) is 31.7 Å². The fraction of sp³-hybridized carbons (Fsp3) is 0.250. The number of pyridine rings is 1. The number of piperidine rings is 1. The first kappa shape index (κ1) is 22.1. The molecule has 0 radical (unpaired) electrons. The van der Waals surface area contributed by atoms with E-state index in [4.69, 9.17) is 11.6 Å². The van der Waals surface area contributed by atoms with Crippen molar-refractivity contribution >= 4 is 40.1 Å². The predicted molar refractivity (Wildman–Crippen MR) is 126 cm³/mol. The number of H-pyrrole nitrogens is 2. The standard InChI is InChI=1S/C24H22ClFN6O2/c25-18-5-4-15(26)9-14(18)10-23(33)32-8-2-1-3-21(32)19-11-22(31-30-19)29-24(34)17-12-28-20-13-27-7-6-16(17)20/h4-7,9,11-13,21,28H,1-3,8,10H2,(H2,29,30,31,34). The van der Waals surface area contributed by atoms with E-state index in [9.17, 15) is 14.0 Å². The Morgan fingerprint density at radius 1 is 1.24 bits per heavy atom. The van der Waals surface area contributed by atoms with Crippen molar-refractivity contribution in [1.82, 2.24) is 25.1 Å². The van der Waals surface area contributed by atoms with Crippen molar-refractivity contribution in [3.8, 4) is 0 Å². The molecule has 4 heterocycles. The molecule has 0 saturated carbocycles. The van der Waals surface area contributed by atoms with Crippen LogP contribution >= 0.6 is 11.6 Å². The summed E-state index contributed by atoms with van der Waals surface area (Å²) < 4.78 is 13.6. The number of carbonyl (C=O) groups is 2. The van der Waals surface area contributed by atoms with Crippen LogP contribution in [0.1, 0.15) is 46.9 Å².